The molecule has 0 aliphatic rings. The molecule has 0 saturated carbocycles. The first kappa shape index (κ1) is 9.42. The predicted molar refractivity (Wildman–Crippen MR) is 50.5 cm³/mol. The van der Waals surface area contributed by atoms with Gasteiger partial charge in [-0.15, -0.1) is 11.8 Å². The second-order valence-electron chi connectivity index (χ2n) is 2.61. The molecule has 0 fully saturated rings. The molecule has 2 nitrogen and oxygen atoms in total. The van der Waals surface area contributed by atoms with E-state index in [0.717, 1.165) is 4.90 Å². The van der Waals surface area contributed by atoms with Crippen LogP contribution in [0.1, 0.15) is 6.92 Å². The zero-order chi connectivity index (χ0) is 8.97. The number of aromatic hydroxyl groups is 1. The van der Waals surface area contributed by atoms with E-state index in [1.165, 1.54) is 0 Å². The van der Waals surface area contributed by atoms with Crippen LogP contribution in [0, 0.1) is 0 Å². The van der Waals surface area contributed by atoms with Crippen LogP contribution in [-0.2, 0) is 0 Å². The highest BCUT2D eigenvalue weighted by Gasteiger charge is 2.02. The summed E-state index contributed by atoms with van der Waals surface area (Å²) < 4.78 is 0. The fraction of sp³-hybridized carbons (Fsp3) is 0.333. The maximum Gasteiger partial charge on any atom is 0.116 e. The van der Waals surface area contributed by atoms with E-state index in [9.17, 15) is 0 Å². The van der Waals surface area contributed by atoms with Gasteiger partial charge in [-0.1, -0.05) is 13.0 Å². The van der Waals surface area contributed by atoms with Crippen molar-refractivity contribution in [3.8, 4) is 5.75 Å². The lowest BCUT2D eigenvalue weighted by molar-refractivity contribution is 0.300. The molecule has 0 amide bonds. The van der Waals surface area contributed by atoms with Crippen molar-refractivity contribution in [1.82, 2.24) is 0 Å². The summed E-state index contributed by atoms with van der Waals surface area (Å²) in [6, 6.07) is 7.03. The summed E-state index contributed by atoms with van der Waals surface area (Å²) in [6.07, 6.45) is 0. The highest BCUT2D eigenvalue weighted by molar-refractivity contribution is 8.00. The highest BCUT2D eigenvalue weighted by Crippen LogP contribution is 2.25. The molecule has 3 heteroatoms. The molecule has 1 aromatic rings. The second-order valence-corrected chi connectivity index (χ2v) is 4.12. The van der Waals surface area contributed by atoms with Gasteiger partial charge >= 0.3 is 0 Å². The van der Waals surface area contributed by atoms with E-state index in [2.05, 4.69) is 0 Å². The minimum atomic E-state index is 0.153. The smallest absolute Gasteiger partial charge is 0.116 e. The summed E-state index contributed by atoms with van der Waals surface area (Å²) in [4.78, 5) is 0.983. The predicted octanol–water partition coefficient (Wildman–Crippen LogP) is 1.87. The topological polar surface area (TPSA) is 40.5 Å². The summed E-state index contributed by atoms with van der Waals surface area (Å²) in [5, 5.41) is 18.1. The van der Waals surface area contributed by atoms with E-state index in [-0.39, 0.29) is 17.6 Å². The second kappa shape index (κ2) is 4.38. The van der Waals surface area contributed by atoms with Gasteiger partial charge in [0.15, 0.2) is 0 Å². The molecule has 0 saturated heterocycles. The van der Waals surface area contributed by atoms with E-state index in [4.69, 9.17) is 10.2 Å². The van der Waals surface area contributed by atoms with Crippen LogP contribution < -0.4 is 0 Å². The molecule has 2 N–H and O–H groups in total. The molecule has 1 rings (SSSR count). The molecule has 12 heavy (non-hydrogen) atoms. The quantitative estimate of drug-likeness (QED) is 0.704. The Morgan fingerprint density at radius 2 is 2.25 bits per heavy atom. The van der Waals surface area contributed by atoms with Crippen LogP contribution in [0.5, 0.6) is 5.75 Å². The molecule has 0 aromatic heterocycles. The third kappa shape index (κ3) is 2.75. The van der Waals surface area contributed by atoms with Crippen molar-refractivity contribution in [2.45, 2.75) is 17.1 Å². The molecule has 0 aliphatic carbocycles. The first-order valence-corrected chi connectivity index (χ1v) is 4.67. The molecule has 0 spiro atoms. The van der Waals surface area contributed by atoms with Crippen LogP contribution in [0.25, 0.3) is 0 Å². The van der Waals surface area contributed by atoms with Gasteiger partial charge in [-0.3, -0.25) is 0 Å². The Balaban J connectivity index is 2.63. The number of aliphatic hydroxyl groups is 1. The van der Waals surface area contributed by atoms with Gasteiger partial charge < -0.3 is 10.2 Å². The minimum Gasteiger partial charge on any atom is -0.508 e. The zero-order valence-electron chi connectivity index (χ0n) is 6.90. The first-order chi connectivity index (χ1) is 5.72. The first-order valence-electron chi connectivity index (χ1n) is 3.79. The lowest BCUT2D eigenvalue weighted by Crippen LogP contribution is -2.00. The minimum absolute atomic E-state index is 0.153. The van der Waals surface area contributed by atoms with Gasteiger partial charge in [0, 0.05) is 10.1 Å². The van der Waals surface area contributed by atoms with Crippen molar-refractivity contribution >= 4 is 11.8 Å². The van der Waals surface area contributed by atoms with E-state index in [1.54, 1.807) is 30.0 Å². The third-order valence-corrected chi connectivity index (χ3v) is 2.49. The van der Waals surface area contributed by atoms with Gasteiger partial charge in [0.05, 0.1) is 6.61 Å². The summed E-state index contributed by atoms with van der Waals surface area (Å²) in [6.45, 7) is 2.09. The van der Waals surface area contributed by atoms with Gasteiger partial charge in [0.1, 0.15) is 5.75 Å². The number of aliphatic hydroxyl groups excluding tert-OH is 1. The van der Waals surface area contributed by atoms with Crippen molar-refractivity contribution in [2.75, 3.05) is 6.61 Å². The standard InChI is InChI=1S/C9H12O2S/c1-7(6-10)12-9-4-2-3-8(11)5-9/h2-5,7,10-11H,6H2,1H3. The molecular formula is C9H12O2S. The third-order valence-electron chi connectivity index (χ3n) is 1.41. The highest BCUT2D eigenvalue weighted by atomic mass is 32.2. The molecule has 0 bridgehead atoms. The SMILES string of the molecule is CC(CO)Sc1cccc(O)c1. The maximum atomic E-state index is 9.12. The Labute approximate surface area is 76.2 Å². The van der Waals surface area contributed by atoms with Gasteiger partial charge in [0.25, 0.3) is 0 Å². The molecule has 0 radical (unpaired) electrons. The molecular weight excluding hydrogens is 172 g/mol. The van der Waals surface area contributed by atoms with E-state index < -0.39 is 0 Å². The van der Waals surface area contributed by atoms with E-state index in [0.29, 0.717) is 0 Å². The van der Waals surface area contributed by atoms with Crippen molar-refractivity contribution in [1.29, 1.82) is 0 Å². The normalized spacial score (nSPS) is 12.8. The Morgan fingerprint density at radius 3 is 2.83 bits per heavy atom. The molecule has 0 heterocycles. The van der Waals surface area contributed by atoms with Crippen LogP contribution in [0.3, 0.4) is 0 Å². The van der Waals surface area contributed by atoms with E-state index in [1.807, 2.05) is 13.0 Å². The number of rotatable bonds is 3. The molecule has 1 unspecified atom stereocenters. The van der Waals surface area contributed by atoms with Crippen LogP contribution in [-0.4, -0.2) is 22.1 Å². The summed E-state index contributed by atoms with van der Waals surface area (Å²) in [7, 11) is 0. The Hall–Kier alpha value is -0.670. The molecule has 0 aliphatic heterocycles. The number of phenolic OH excluding ortho intramolecular Hbond substituents is 1. The molecule has 1 atom stereocenters. The number of phenols is 1. The van der Waals surface area contributed by atoms with Gasteiger partial charge in [-0.25, -0.2) is 0 Å². The number of hydrogen-bond donors (Lipinski definition) is 2. The van der Waals surface area contributed by atoms with Crippen molar-refractivity contribution < 1.29 is 10.2 Å². The number of thioether (sulfide) groups is 1. The lowest BCUT2D eigenvalue weighted by atomic mass is 10.3. The molecule has 1 aromatic carbocycles. The average Bonchev–Trinajstić information content (AvgIpc) is 2.04. The monoisotopic (exact) mass is 184 g/mol. The average molecular weight is 184 g/mol. The largest absolute Gasteiger partial charge is 0.508 e. The Bertz CT molecular complexity index is 250. The fourth-order valence-electron chi connectivity index (χ4n) is 0.826. The van der Waals surface area contributed by atoms with Crippen LogP contribution in [0.2, 0.25) is 0 Å². The number of benzene rings is 1. The number of hydrogen-bond acceptors (Lipinski definition) is 3. The molecule has 66 valence electrons. The summed E-state index contributed by atoms with van der Waals surface area (Å²) >= 11 is 1.55. The zero-order valence-corrected chi connectivity index (χ0v) is 7.71. The van der Waals surface area contributed by atoms with Crippen LogP contribution >= 0.6 is 11.8 Å². The summed E-state index contributed by atoms with van der Waals surface area (Å²) in [5.41, 5.74) is 0. The van der Waals surface area contributed by atoms with Crippen LogP contribution in [0.15, 0.2) is 29.2 Å². The van der Waals surface area contributed by atoms with Gasteiger partial charge in [0.2, 0.25) is 0 Å². The van der Waals surface area contributed by atoms with Crippen molar-refractivity contribution in [3.63, 3.8) is 0 Å². The van der Waals surface area contributed by atoms with Crippen LogP contribution in [0.4, 0.5) is 0 Å². The van der Waals surface area contributed by atoms with Crippen molar-refractivity contribution in [3.05, 3.63) is 24.3 Å². The van der Waals surface area contributed by atoms with E-state index >= 15 is 0 Å². The van der Waals surface area contributed by atoms with Crippen molar-refractivity contribution in [2.24, 2.45) is 0 Å². The van der Waals surface area contributed by atoms with Gasteiger partial charge in [-0.05, 0) is 18.2 Å². The Kier molecular flexibility index (Phi) is 3.44. The Morgan fingerprint density at radius 1 is 1.50 bits per heavy atom. The lowest BCUT2D eigenvalue weighted by Gasteiger charge is -2.06. The summed E-state index contributed by atoms with van der Waals surface area (Å²) in [5.74, 6) is 0.269. The fourth-order valence-corrected chi connectivity index (χ4v) is 1.71. The maximum absolute atomic E-state index is 9.12. The van der Waals surface area contributed by atoms with Gasteiger partial charge in [-0.2, -0.15) is 0 Å².